The third-order valence-corrected chi connectivity index (χ3v) is 6.09. The van der Waals surface area contributed by atoms with Gasteiger partial charge in [0.15, 0.2) is 5.78 Å². The van der Waals surface area contributed by atoms with Crippen LogP contribution in [0.2, 0.25) is 0 Å². The van der Waals surface area contributed by atoms with E-state index < -0.39 is 5.54 Å². The minimum Gasteiger partial charge on any atom is -0.379 e. The third kappa shape index (κ3) is 4.29. The van der Waals surface area contributed by atoms with Gasteiger partial charge in [0.05, 0.1) is 19.3 Å². The summed E-state index contributed by atoms with van der Waals surface area (Å²) >= 11 is 0. The summed E-state index contributed by atoms with van der Waals surface area (Å²) in [5.74, 6) is -0.287. The second-order valence-corrected chi connectivity index (χ2v) is 7.80. The molecule has 31 heavy (non-hydrogen) atoms. The van der Waals surface area contributed by atoms with Crippen molar-refractivity contribution in [3.8, 4) is 6.07 Å². The zero-order valence-electron chi connectivity index (χ0n) is 17.5. The Bertz CT molecular complexity index is 1030. The van der Waals surface area contributed by atoms with Crippen molar-refractivity contribution in [2.24, 2.45) is 0 Å². The van der Waals surface area contributed by atoms with Crippen LogP contribution in [0.1, 0.15) is 33.8 Å². The van der Waals surface area contributed by atoms with E-state index in [9.17, 15) is 10.1 Å². The molecule has 3 aromatic rings. The number of carbonyl (C=O) groups is 1. The van der Waals surface area contributed by atoms with Gasteiger partial charge in [-0.3, -0.25) is 9.69 Å². The molecule has 1 saturated heterocycles. The van der Waals surface area contributed by atoms with Gasteiger partial charge in [0.2, 0.25) is 0 Å². The molecule has 0 bridgehead atoms. The van der Waals surface area contributed by atoms with E-state index >= 15 is 0 Å². The SMILES string of the molecule is N#CC(c1ccccc1)(C(CC(=O)c1ccccc1)c1ccccc1)N1CCOCC1. The largest absolute Gasteiger partial charge is 0.379 e. The van der Waals surface area contributed by atoms with Crippen LogP contribution >= 0.6 is 0 Å². The van der Waals surface area contributed by atoms with E-state index in [4.69, 9.17) is 4.74 Å². The molecular formula is C27H26N2O2. The second kappa shape index (κ2) is 9.70. The summed E-state index contributed by atoms with van der Waals surface area (Å²) in [6.07, 6.45) is 0.244. The Labute approximate surface area is 183 Å². The number of carbonyl (C=O) groups excluding carboxylic acids is 1. The minimum atomic E-state index is -0.975. The summed E-state index contributed by atoms with van der Waals surface area (Å²) in [6.45, 7) is 2.44. The number of ether oxygens (including phenoxy) is 1. The number of nitriles is 1. The number of morpholine rings is 1. The molecule has 4 heteroatoms. The Hall–Kier alpha value is -3.26. The molecule has 156 valence electrons. The number of hydrogen-bond donors (Lipinski definition) is 0. The quantitative estimate of drug-likeness (QED) is 0.525. The molecule has 2 atom stereocenters. The maximum Gasteiger partial charge on any atom is 0.163 e. The zero-order chi connectivity index (χ0) is 21.5. The van der Waals surface area contributed by atoms with Crippen molar-refractivity contribution in [2.75, 3.05) is 26.3 Å². The highest BCUT2D eigenvalue weighted by Gasteiger charge is 2.48. The highest BCUT2D eigenvalue weighted by molar-refractivity contribution is 5.96. The van der Waals surface area contributed by atoms with Gasteiger partial charge in [-0.15, -0.1) is 0 Å². The lowest BCUT2D eigenvalue weighted by Crippen LogP contribution is -2.54. The molecule has 4 rings (SSSR count). The Morgan fingerprint density at radius 2 is 1.45 bits per heavy atom. The third-order valence-electron chi connectivity index (χ3n) is 6.09. The van der Waals surface area contributed by atoms with Crippen molar-refractivity contribution >= 4 is 5.78 Å². The maximum absolute atomic E-state index is 13.4. The van der Waals surface area contributed by atoms with E-state index in [2.05, 4.69) is 11.0 Å². The van der Waals surface area contributed by atoms with E-state index in [1.54, 1.807) is 0 Å². The average molecular weight is 411 g/mol. The van der Waals surface area contributed by atoms with Crippen LogP contribution in [0.3, 0.4) is 0 Å². The normalized spacial score (nSPS) is 17.3. The smallest absolute Gasteiger partial charge is 0.163 e. The van der Waals surface area contributed by atoms with Crippen LogP contribution in [-0.2, 0) is 10.3 Å². The van der Waals surface area contributed by atoms with Crippen LogP contribution in [0.4, 0.5) is 0 Å². The van der Waals surface area contributed by atoms with Gasteiger partial charge >= 0.3 is 0 Å². The van der Waals surface area contributed by atoms with E-state index in [1.165, 1.54) is 0 Å². The Kier molecular flexibility index (Phi) is 6.57. The Balaban J connectivity index is 1.85. The standard InChI is InChI=1S/C27H26N2O2/c28-21-27(24-14-8-3-9-15-24,29-16-18-31-19-17-29)25(22-10-4-1-5-11-22)20-26(30)23-12-6-2-7-13-23/h1-15,25H,16-20H2. The van der Waals surface area contributed by atoms with Crippen LogP contribution < -0.4 is 0 Å². The topological polar surface area (TPSA) is 53.3 Å². The predicted octanol–water partition coefficient (Wildman–Crippen LogP) is 4.79. The lowest BCUT2D eigenvalue weighted by Gasteiger charge is -2.46. The molecule has 0 saturated carbocycles. The lowest BCUT2D eigenvalue weighted by atomic mass is 9.71. The maximum atomic E-state index is 13.4. The monoisotopic (exact) mass is 410 g/mol. The van der Waals surface area contributed by atoms with Crippen molar-refractivity contribution < 1.29 is 9.53 Å². The van der Waals surface area contributed by atoms with Crippen molar-refractivity contribution in [2.45, 2.75) is 17.9 Å². The molecule has 0 amide bonds. The van der Waals surface area contributed by atoms with Gasteiger partial charge in [-0.05, 0) is 11.1 Å². The van der Waals surface area contributed by atoms with Gasteiger partial charge < -0.3 is 4.74 Å². The molecule has 0 N–H and O–H groups in total. The first-order chi connectivity index (χ1) is 15.3. The number of ketones is 1. The highest BCUT2D eigenvalue weighted by Crippen LogP contribution is 2.44. The van der Waals surface area contributed by atoms with Gasteiger partial charge in [-0.1, -0.05) is 91.0 Å². The molecule has 1 aliphatic heterocycles. The first kappa shape index (κ1) is 21.0. The first-order valence-electron chi connectivity index (χ1n) is 10.7. The van der Waals surface area contributed by atoms with Gasteiger partial charge in [0, 0.05) is 31.0 Å². The number of benzene rings is 3. The summed E-state index contributed by atoms with van der Waals surface area (Å²) in [5, 5.41) is 10.8. The van der Waals surface area contributed by atoms with E-state index in [1.807, 2.05) is 91.0 Å². The van der Waals surface area contributed by atoms with Crippen molar-refractivity contribution in [3.63, 3.8) is 0 Å². The summed E-state index contributed by atoms with van der Waals surface area (Å²) in [7, 11) is 0. The molecule has 3 aromatic carbocycles. The van der Waals surface area contributed by atoms with Crippen molar-refractivity contribution in [3.05, 3.63) is 108 Å². The number of nitrogens with zero attached hydrogens (tertiary/aromatic N) is 2. The van der Waals surface area contributed by atoms with Crippen LogP contribution in [0.15, 0.2) is 91.0 Å². The minimum absolute atomic E-state index is 0.0401. The molecule has 0 radical (unpaired) electrons. The average Bonchev–Trinajstić information content (AvgIpc) is 2.86. The van der Waals surface area contributed by atoms with Gasteiger partial charge in [0.1, 0.15) is 5.54 Å². The van der Waals surface area contributed by atoms with Gasteiger partial charge in [-0.2, -0.15) is 5.26 Å². The molecule has 1 fully saturated rings. The van der Waals surface area contributed by atoms with E-state index in [-0.39, 0.29) is 18.1 Å². The fourth-order valence-corrected chi connectivity index (χ4v) is 4.55. The number of hydrogen-bond acceptors (Lipinski definition) is 4. The first-order valence-corrected chi connectivity index (χ1v) is 10.7. The molecule has 1 aliphatic rings. The van der Waals surface area contributed by atoms with Crippen LogP contribution in [0.5, 0.6) is 0 Å². The molecule has 4 nitrogen and oxygen atoms in total. The second-order valence-electron chi connectivity index (χ2n) is 7.80. The predicted molar refractivity (Wildman–Crippen MR) is 121 cm³/mol. The van der Waals surface area contributed by atoms with E-state index in [0.717, 1.165) is 11.1 Å². The summed E-state index contributed by atoms with van der Waals surface area (Å²) < 4.78 is 5.59. The summed E-state index contributed by atoms with van der Waals surface area (Å²) in [5.41, 5.74) is 1.60. The highest BCUT2D eigenvalue weighted by atomic mass is 16.5. The van der Waals surface area contributed by atoms with Gasteiger partial charge in [0.25, 0.3) is 0 Å². The summed E-state index contributed by atoms with van der Waals surface area (Å²) in [4.78, 5) is 15.5. The fourth-order valence-electron chi connectivity index (χ4n) is 4.55. The molecule has 2 unspecified atom stereocenters. The fraction of sp³-hybridized carbons (Fsp3) is 0.259. The van der Waals surface area contributed by atoms with E-state index in [0.29, 0.717) is 31.9 Å². The van der Waals surface area contributed by atoms with Crippen LogP contribution in [0.25, 0.3) is 0 Å². The number of Topliss-reactive ketones (excluding diaryl/α,β-unsaturated/α-hetero) is 1. The lowest BCUT2D eigenvalue weighted by molar-refractivity contribution is -0.0148. The Morgan fingerprint density at radius 1 is 0.903 bits per heavy atom. The van der Waals surface area contributed by atoms with Crippen molar-refractivity contribution in [1.29, 1.82) is 5.26 Å². The van der Waals surface area contributed by atoms with Crippen molar-refractivity contribution in [1.82, 2.24) is 4.90 Å². The Morgan fingerprint density at radius 3 is 2.03 bits per heavy atom. The van der Waals surface area contributed by atoms with Gasteiger partial charge in [-0.25, -0.2) is 0 Å². The van der Waals surface area contributed by atoms with Crippen LogP contribution in [-0.4, -0.2) is 37.0 Å². The molecule has 0 aromatic heterocycles. The molecule has 1 heterocycles. The molecular weight excluding hydrogens is 384 g/mol. The number of rotatable bonds is 7. The molecule has 0 spiro atoms. The summed E-state index contributed by atoms with van der Waals surface area (Å²) in [6, 6.07) is 31.9. The zero-order valence-corrected chi connectivity index (χ0v) is 17.5. The molecule has 0 aliphatic carbocycles. The van der Waals surface area contributed by atoms with Crippen LogP contribution in [0, 0.1) is 11.3 Å².